The van der Waals surface area contributed by atoms with E-state index in [2.05, 4.69) is 10.6 Å². The molecule has 2 amide bonds. The molecule has 0 heterocycles. The summed E-state index contributed by atoms with van der Waals surface area (Å²) in [6, 6.07) is 4.59. The quantitative estimate of drug-likeness (QED) is 0.770. The molecule has 0 fully saturated rings. The third-order valence-corrected chi connectivity index (χ3v) is 2.49. The topological polar surface area (TPSA) is 70.6 Å². The summed E-state index contributed by atoms with van der Waals surface area (Å²) in [6.45, 7) is 2.06. The third kappa shape index (κ3) is 4.81. The van der Waals surface area contributed by atoms with Crippen molar-refractivity contribution in [1.29, 1.82) is 0 Å². The molecule has 18 heavy (non-hydrogen) atoms. The molecule has 1 atom stereocenters. The van der Waals surface area contributed by atoms with Crippen molar-refractivity contribution in [2.24, 2.45) is 0 Å². The van der Waals surface area contributed by atoms with Gasteiger partial charge in [0, 0.05) is 11.6 Å². The van der Waals surface area contributed by atoms with E-state index in [4.69, 9.17) is 21.4 Å². The average molecular weight is 273 g/mol. The molecule has 1 aromatic rings. The van der Waals surface area contributed by atoms with Gasteiger partial charge in [-0.1, -0.05) is 11.6 Å². The van der Waals surface area contributed by atoms with Crippen molar-refractivity contribution in [3.8, 4) is 5.75 Å². The van der Waals surface area contributed by atoms with E-state index in [-0.39, 0.29) is 6.03 Å². The molecule has 0 saturated heterocycles. The van der Waals surface area contributed by atoms with Crippen molar-refractivity contribution in [3.63, 3.8) is 0 Å². The number of aliphatic hydroxyl groups is 1. The molecule has 1 aromatic carbocycles. The van der Waals surface area contributed by atoms with Gasteiger partial charge in [-0.15, -0.1) is 0 Å². The fourth-order valence-corrected chi connectivity index (χ4v) is 1.51. The van der Waals surface area contributed by atoms with Gasteiger partial charge in [-0.25, -0.2) is 4.79 Å². The summed E-state index contributed by atoms with van der Waals surface area (Å²) < 4.78 is 5.10. The minimum Gasteiger partial charge on any atom is -0.495 e. The maximum absolute atomic E-state index is 11.6. The molecular weight excluding hydrogens is 256 g/mol. The Morgan fingerprint density at radius 3 is 2.89 bits per heavy atom. The Balaban J connectivity index is 2.55. The molecule has 0 spiro atoms. The Kier molecular flexibility index (Phi) is 5.74. The van der Waals surface area contributed by atoms with E-state index in [0.717, 1.165) is 0 Å². The maximum atomic E-state index is 11.6. The lowest BCUT2D eigenvalue weighted by molar-refractivity contribution is 0.184. The summed E-state index contributed by atoms with van der Waals surface area (Å²) in [5.41, 5.74) is 0.500. The van der Waals surface area contributed by atoms with E-state index in [1.807, 2.05) is 0 Å². The number of hydrogen-bond donors (Lipinski definition) is 3. The van der Waals surface area contributed by atoms with Crippen LogP contribution in [0.2, 0.25) is 5.02 Å². The minimum absolute atomic E-state index is 0.365. The molecule has 0 saturated carbocycles. The normalized spacial score (nSPS) is 11.8. The van der Waals surface area contributed by atoms with E-state index in [9.17, 15) is 4.79 Å². The zero-order valence-electron chi connectivity index (χ0n) is 10.4. The second-order valence-corrected chi connectivity index (χ2v) is 4.30. The minimum atomic E-state index is -0.439. The van der Waals surface area contributed by atoms with Crippen molar-refractivity contribution in [2.45, 2.75) is 19.4 Å². The molecule has 0 aliphatic heterocycles. The Hall–Kier alpha value is -1.46. The standard InChI is InChI=1S/C12H17ClN2O3/c1-8(16)5-6-14-12(17)15-10-7-9(13)3-4-11(10)18-2/h3-4,7-8,16H,5-6H2,1-2H3,(H2,14,15,17). The van der Waals surface area contributed by atoms with Crippen LogP contribution in [0.25, 0.3) is 0 Å². The number of urea groups is 1. The zero-order valence-corrected chi connectivity index (χ0v) is 11.1. The first kappa shape index (κ1) is 14.6. The number of anilines is 1. The Bertz CT molecular complexity index is 410. The van der Waals surface area contributed by atoms with Crippen LogP contribution >= 0.6 is 11.6 Å². The highest BCUT2D eigenvalue weighted by molar-refractivity contribution is 6.31. The van der Waals surface area contributed by atoms with Gasteiger partial charge in [0.1, 0.15) is 5.75 Å². The molecule has 0 aliphatic rings. The molecular formula is C12H17ClN2O3. The molecule has 0 bridgehead atoms. The van der Waals surface area contributed by atoms with Gasteiger partial charge >= 0.3 is 6.03 Å². The van der Waals surface area contributed by atoms with Gasteiger partial charge in [-0.2, -0.15) is 0 Å². The summed E-state index contributed by atoms with van der Waals surface area (Å²) in [5.74, 6) is 0.532. The van der Waals surface area contributed by atoms with Crippen molar-refractivity contribution in [1.82, 2.24) is 5.32 Å². The van der Waals surface area contributed by atoms with Crippen molar-refractivity contribution in [3.05, 3.63) is 23.2 Å². The van der Waals surface area contributed by atoms with E-state index in [1.165, 1.54) is 7.11 Å². The second-order valence-electron chi connectivity index (χ2n) is 3.86. The van der Waals surface area contributed by atoms with Gasteiger partial charge in [-0.05, 0) is 31.5 Å². The van der Waals surface area contributed by atoms with Crippen LogP contribution in [0.15, 0.2) is 18.2 Å². The number of hydrogen-bond acceptors (Lipinski definition) is 3. The molecule has 5 nitrogen and oxygen atoms in total. The third-order valence-electron chi connectivity index (χ3n) is 2.26. The largest absolute Gasteiger partial charge is 0.495 e. The summed E-state index contributed by atoms with van der Waals surface area (Å²) in [7, 11) is 1.51. The van der Waals surface area contributed by atoms with Crippen molar-refractivity contribution < 1.29 is 14.6 Å². The maximum Gasteiger partial charge on any atom is 0.319 e. The summed E-state index contributed by atoms with van der Waals surface area (Å²) in [6.07, 6.45) is 0.0612. The Morgan fingerprint density at radius 1 is 1.56 bits per heavy atom. The molecule has 0 aliphatic carbocycles. The van der Waals surface area contributed by atoms with E-state index < -0.39 is 6.10 Å². The lowest BCUT2D eigenvalue weighted by atomic mass is 10.3. The Labute approximate surface area is 111 Å². The summed E-state index contributed by atoms with van der Waals surface area (Å²) in [4.78, 5) is 11.6. The number of carbonyl (C=O) groups excluding carboxylic acids is 1. The number of ether oxygens (including phenoxy) is 1. The van der Waals surface area contributed by atoms with Crippen LogP contribution < -0.4 is 15.4 Å². The number of amides is 2. The molecule has 100 valence electrons. The van der Waals surface area contributed by atoms with Crippen molar-refractivity contribution >= 4 is 23.3 Å². The van der Waals surface area contributed by atoms with Gasteiger partial charge in [0.25, 0.3) is 0 Å². The monoisotopic (exact) mass is 272 g/mol. The first-order valence-electron chi connectivity index (χ1n) is 5.59. The zero-order chi connectivity index (χ0) is 13.5. The first-order chi connectivity index (χ1) is 8.52. The van der Waals surface area contributed by atoms with E-state index in [0.29, 0.717) is 29.4 Å². The van der Waals surface area contributed by atoms with Crippen LogP contribution in [0.1, 0.15) is 13.3 Å². The van der Waals surface area contributed by atoms with Gasteiger partial charge in [0.2, 0.25) is 0 Å². The van der Waals surface area contributed by atoms with Crippen molar-refractivity contribution in [2.75, 3.05) is 19.0 Å². The molecule has 0 radical (unpaired) electrons. The van der Waals surface area contributed by atoms with Crippen LogP contribution in [0, 0.1) is 0 Å². The number of benzene rings is 1. The number of halogens is 1. The van der Waals surface area contributed by atoms with Crippen LogP contribution in [0.4, 0.5) is 10.5 Å². The molecule has 0 aromatic heterocycles. The molecule has 6 heteroatoms. The average Bonchev–Trinajstić information content (AvgIpc) is 2.28. The summed E-state index contributed by atoms with van der Waals surface area (Å²) in [5, 5.41) is 14.8. The lowest BCUT2D eigenvalue weighted by Crippen LogP contribution is -2.31. The fraction of sp³-hybridized carbons (Fsp3) is 0.417. The van der Waals surface area contributed by atoms with Crippen LogP contribution in [0.3, 0.4) is 0 Å². The molecule has 3 N–H and O–H groups in total. The first-order valence-corrected chi connectivity index (χ1v) is 5.97. The molecule has 1 unspecified atom stereocenters. The highest BCUT2D eigenvalue weighted by Gasteiger charge is 2.07. The predicted octanol–water partition coefficient (Wildman–Crippen LogP) is 2.24. The smallest absolute Gasteiger partial charge is 0.319 e. The number of rotatable bonds is 5. The highest BCUT2D eigenvalue weighted by atomic mass is 35.5. The van der Waals surface area contributed by atoms with Crippen LogP contribution in [0.5, 0.6) is 5.75 Å². The SMILES string of the molecule is COc1ccc(Cl)cc1NC(=O)NCCC(C)O. The Morgan fingerprint density at radius 2 is 2.28 bits per heavy atom. The van der Waals surface area contributed by atoms with Crippen LogP contribution in [-0.4, -0.2) is 30.9 Å². The number of aliphatic hydroxyl groups excluding tert-OH is 1. The van der Waals surface area contributed by atoms with Gasteiger partial charge in [0.15, 0.2) is 0 Å². The van der Waals surface area contributed by atoms with E-state index in [1.54, 1.807) is 25.1 Å². The number of methoxy groups -OCH3 is 1. The second kappa shape index (κ2) is 7.08. The fourth-order valence-electron chi connectivity index (χ4n) is 1.34. The van der Waals surface area contributed by atoms with Crippen LogP contribution in [-0.2, 0) is 0 Å². The van der Waals surface area contributed by atoms with Gasteiger partial charge < -0.3 is 20.5 Å². The summed E-state index contributed by atoms with van der Waals surface area (Å²) >= 11 is 5.84. The predicted molar refractivity (Wildman–Crippen MR) is 71.3 cm³/mol. The lowest BCUT2D eigenvalue weighted by Gasteiger charge is -2.11. The number of nitrogens with one attached hydrogen (secondary N) is 2. The highest BCUT2D eigenvalue weighted by Crippen LogP contribution is 2.27. The van der Waals surface area contributed by atoms with Gasteiger partial charge in [0.05, 0.1) is 18.9 Å². The van der Waals surface area contributed by atoms with Gasteiger partial charge in [-0.3, -0.25) is 0 Å². The van der Waals surface area contributed by atoms with E-state index >= 15 is 0 Å². The number of carbonyl (C=O) groups is 1. The molecule has 1 rings (SSSR count).